The van der Waals surface area contributed by atoms with Crippen LogP contribution in [-0.2, 0) is 19.6 Å². The number of sulfonamides is 1. The summed E-state index contributed by atoms with van der Waals surface area (Å²) in [7, 11) is -3.34. The van der Waals surface area contributed by atoms with E-state index in [-0.39, 0.29) is 24.8 Å². The molecule has 7 heteroatoms. The first-order valence-electron chi connectivity index (χ1n) is 5.82. The molecule has 0 radical (unpaired) electrons. The van der Waals surface area contributed by atoms with Gasteiger partial charge in [0.2, 0.25) is 10.0 Å². The second-order valence-corrected chi connectivity index (χ2v) is 6.17. The van der Waals surface area contributed by atoms with E-state index in [1.54, 1.807) is 6.92 Å². The fraction of sp³-hybridized carbons (Fsp3) is 0.900. The van der Waals surface area contributed by atoms with Crippen molar-refractivity contribution in [3.63, 3.8) is 0 Å². The van der Waals surface area contributed by atoms with Crippen molar-refractivity contribution in [3.05, 3.63) is 0 Å². The largest absolute Gasteiger partial charge is 0.466 e. The summed E-state index contributed by atoms with van der Waals surface area (Å²) in [6, 6.07) is 0.154. The Bertz CT molecular complexity index is 355. The molecule has 1 saturated heterocycles. The molecule has 17 heavy (non-hydrogen) atoms. The summed E-state index contributed by atoms with van der Waals surface area (Å²) in [4.78, 5) is 11.1. The number of ether oxygens (including phenoxy) is 1. The number of nitrogens with zero attached hydrogens (tertiary/aromatic N) is 1. The van der Waals surface area contributed by atoms with Gasteiger partial charge in [0.05, 0.1) is 18.8 Å². The average Bonchev–Trinajstić information content (AvgIpc) is 2.27. The van der Waals surface area contributed by atoms with Gasteiger partial charge in [0.25, 0.3) is 0 Å². The van der Waals surface area contributed by atoms with Crippen molar-refractivity contribution in [3.8, 4) is 0 Å². The Labute approximate surface area is 102 Å². The highest BCUT2D eigenvalue weighted by Gasteiger charge is 2.27. The lowest BCUT2D eigenvalue weighted by molar-refractivity contribution is -0.142. The minimum Gasteiger partial charge on any atom is -0.466 e. The van der Waals surface area contributed by atoms with E-state index in [0.717, 1.165) is 0 Å². The second kappa shape index (κ2) is 6.32. The summed E-state index contributed by atoms with van der Waals surface area (Å²) in [5.74, 6) is -0.627. The first-order valence-corrected chi connectivity index (χ1v) is 7.43. The van der Waals surface area contributed by atoms with Gasteiger partial charge in [-0.05, 0) is 13.8 Å². The molecule has 1 atom stereocenters. The van der Waals surface area contributed by atoms with Gasteiger partial charge >= 0.3 is 5.97 Å². The van der Waals surface area contributed by atoms with Crippen molar-refractivity contribution in [2.24, 2.45) is 0 Å². The van der Waals surface area contributed by atoms with E-state index in [2.05, 4.69) is 5.32 Å². The predicted octanol–water partition coefficient (Wildman–Crippen LogP) is -0.437. The summed E-state index contributed by atoms with van der Waals surface area (Å²) in [5, 5.41) is 3.17. The van der Waals surface area contributed by atoms with E-state index < -0.39 is 16.0 Å². The Morgan fingerprint density at radius 3 is 2.82 bits per heavy atom. The third-order valence-electron chi connectivity index (χ3n) is 2.59. The standard InChI is InChI=1S/C10H20N2O4S/c1-3-16-10(13)4-7-17(14,15)12-6-5-11-9(2)8-12/h9,11H,3-8H2,1-2H3/t9-/m1/s1. The summed E-state index contributed by atoms with van der Waals surface area (Å²) >= 11 is 0. The van der Waals surface area contributed by atoms with Crippen molar-refractivity contribution in [1.29, 1.82) is 0 Å². The molecule has 0 spiro atoms. The van der Waals surface area contributed by atoms with Crippen LogP contribution in [0.4, 0.5) is 0 Å². The molecule has 0 aromatic heterocycles. The molecule has 0 aromatic rings. The molecule has 6 nitrogen and oxygen atoms in total. The minimum atomic E-state index is -3.34. The predicted molar refractivity (Wildman–Crippen MR) is 64.1 cm³/mol. The van der Waals surface area contributed by atoms with Gasteiger partial charge in [-0.3, -0.25) is 4.79 Å². The highest BCUT2D eigenvalue weighted by atomic mass is 32.2. The maximum Gasteiger partial charge on any atom is 0.306 e. The Balaban J connectivity index is 2.47. The summed E-state index contributed by atoms with van der Waals surface area (Å²) in [6.45, 7) is 5.50. The van der Waals surface area contributed by atoms with Crippen LogP contribution in [0.5, 0.6) is 0 Å². The van der Waals surface area contributed by atoms with E-state index in [9.17, 15) is 13.2 Å². The average molecular weight is 264 g/mol. The number of hydrogen-bond acceptors (Lipinski definition) is 5. The van der Waals surface area contributed by atoms with E-state index in [1.165, 1.54) is 4.31 Å². The zero-order chi connectivity index (χ0) is 12.9. The van der Waals surface area contributed by atoms with Gasteiger partial charge < -0.3 is 10.1 Å². The van der Waals surface area contributed by atoms with Crippen LogP contribution in [0.3, 0.4) is 0 Å². The molecule has 1 aliphatic rings. The molecule has 0 aliphatic carbocycles. The van der Waals surface area contributed by atoms with Gasteiger partial charge in [-0.25, -0.2) is 8.42 Å². The van der Waals surface area contributed by atoms with Crippen LogP contribution in [0.1, 0.15) is 20.3 Å². The van der Waals surface area contributed by atoms with E-state index in [0.29, 0.717) is 19.6 Å². The molecule has 0 unspecified atom stereocenters. The van der Waals surface area contributed by atoms with Crippen LogP contribution in [0.15, 0.2) is 0 Å². The Kier molecular flexibility index (Phi) is 5.35. The van der Waals surface area contributed by atoms with Crippen LogP contribution in [-0.4, -0.2) is 56.7 Å². The van der Waals surface area contributed by atoms with E-state index >= 15 is 0 Å². The van der Waals surface area contributed by atoms with Gasteiger partial charge in [-0.1, -0.05) is 0 Å². The molecule has 0 bridgehead atoms. The van der Waals surface area contributed by atoms with Gasteiger partial charge in [0, 0.05) is 25.7 Å². The molecule has 1 fully saturated rings. The van der Waals surface area contributed by atoms with Crippen molar-refractivity contribution in [2.45, 2.75) is 26.3 Å². The van der Waals surface area contributed by atoms with Crippen LogP contribution < -0.4 is 5.32 Å². The SMILES string of the molecule is CCOC(=O)CCS(=O)(=O)N1CCN[C@H](C)C1. The number of rotatable bonds is 5. The van der Waals surface area contributed by atoms with Crippen molar-refractivity contribution in [2.75, 3.05) is 32.0 Å². The highest BCUT2D eigenvalue weighted by molar-refractivity contribution is 7.89. The van der Waals surface area contributed by atoms with Crippen molar-refractivity contribution in [1.82, 2.24) is 9.62 Å². The van der Waals surface area contributed by atoms with E-state index in [4.69, 9.17) is 4.74 Å². The van der Waals surface area contributed by atoms with Crippen molar-refractivity contribution < 1.29 is 17.9 Å². The number of esters is 1. The van der Waals surface area contributed by atoms with Crippen LogP contribution in [0, 0.1) is 0 Å². The lowest BCUT2D eigenvalue weighted by atomic mass is 10.3. The molecule has 100 valence electrons. The van der Waals surface area contributed by atoms with Gasteiger partial charge in [0.15, 0.2) is 0 Å². The smallest absolute Gasteiger partial charge is 0.306 e. The number of hydrogen-bond donors (Lipinski definition) is 1. The number of carbonyl (C=O) groups excluding carboxylic acids is 1. The van der Waals surface area contributed by atoms with E-state index in [1.807, 2.05) is 6.92 Å². The lowest BCUT2D eigenvalue weighted by Gasteiger charge is -2.30. The Morgan fingerprint density at radius 1 is 1.53 bits per heavy atom. The van der Waals surface area contributed by atoms with Gasteiger partial charge in [0.1, 0.15) is 0 Å². The Hall–Kier alpha value is -0.660. The molecule has 1 aliphatic heterocycles. The first-order chi connectivity index (χ1) is 7.95. The van der Waals surface area contributed by atoms with Gasteiger partial charge in [-0.2, -0.15) is 4.31 Å². The molecular weight excluding hydrogens is 244 g/mol. The van der Waals surface area contributed by atoms with Crippen molar-refractivity contribution >= 4 is 16.0 Å². The molecule has 1 rings (SSSR count). The maximum atomic E-state index is 11.9. The minimum absolute atomic E-state index is 0.0749. The third-order valence-corrected chi connectivity index (χ3v) is 4.43. The third kappa shape index (κ3) is 4.61. The second-order valence-electron chi connectivity index (χ2n) is 4.08. The molecule has 1 heterocycles. The normalized spacial score (nSPS) is 22.4. The zero-order valence-corrected chi connectivity index (χ0v) is 11.1. The van der Waals surface area contributed by atoms with Gasteiger partial charge in [-0.15, -0.1) is 0 Å². The number of carbonyl (C=O) groups is 1. The molecule has 0 amide bonds. The molecular formula is C10H20N2O4S. The molecule has 0 saturated carbocycles. The summed E-state index contributed by atoms with van der Waals surface area (Å²) in [6.07, 6.45) is -0.0749. The van der Waals surface area contributed by atoms with Crippen LogP contribution >= 0.6 is 0 Å². The summed E-state index contributed by atoms with van der Waals surface area (Å²) < 4.78 is 30.0. The first kappa shape index (κ1) is 14.4. The Morgan fingerprint density at radius 2 is 2.24 bits per heavy atom. The molecule has 1 N–H and O–H groups in total. The lowest BCUT2D eigenvalue weighted by Crippen LogP contribution is -2.51. The summed E-state index contributed by atoms with van der Waals surface area (Å²) in [5.41, 5.74) is 0. The topological polar surface area (TPSA) is 75.7 Å². The fourth-order valence-electron chi connectivity index (χ4n) is 1.72. The number of nitrogens with one attached hydrogen (secondary N) is 1. The van der Waals surface area contributed by atoms with Crippen LogP contribution in [0.2, 0.25) is 0 Å². The zero-order valence-electron chi connectivity index (χ0n) is 10.3. The molecule has 0 aromatic carbocycles. The van der Waals surface area contributed by atoms with Crippen LogP contribution in [0.25, 0.3) is 0 Å². The number of piperazine rings is 1. The fourth-order valence-corrected chi connectivity index (χ4v) is 3.23. The highest BCUT2D eigenvalue weighted by Crippen LogP contribution is 2.08. The monoisotopic (exact) mass is 264 g/mol. The quantitative estimate of drug-likeness (QED) is 0.682. The maximum absolute atomic E-state index is 11.9.